The topological polar surface area (TPSA) is 64.4 Å². The molecule has 1 aliphatic carbocycles. The molecule has 0 saturated carbocycles. The van der Waals surface area contributed by atoms with Crippen LogP contribution in [0.2, 0.25) is 10.0 Å². The second-order valence-corrected chi connectivity index (χ2v) is 7.35. The molecule has 0 radical (unpaired) electrons. The van der Waals surface area contributed by atoms with E-state index >= 15 is 0 Å². The third-order valence-corrected chi connectivity index (χ3v) is 5.71. The number of nitrogens with one attached hydrogen (secondary N) is 1. The summed E-state index contributed by atoms with van der Waals surface area (Å²) >= 11 is 12.5. The van der Waals surface area contributed by atoms with Crippen LogP contribution >= 0.6 is 23.2 Å². The Labute approximate surface area is 160 Å². The summed E-state index contributed by atoms with van der Waals surface area (Å²) in [6.45, 7) is 0. The maximum atomic E-state index is 11.3. The molecule has 0 saturated heterocycles. The number of benzene rings is 2. The quantitative estimate of drug-likeness (QED) is 0.412. The van der Waals surface area contributed by atoms with E-state index in [9.17, 15) is 10.1 Å². The molecule has 7 heteroatoms. The Bertz CT molecular complexity index is 929. The van der Waals surface area contributed by atoms with Gasteiger partial charge in [-0.25, -0.2) is 0 Å². The van der Waals surface area contributed by atoms with Gasteiger partial charge in [-0.3, -0.25) is 10.1 Å². The SMILES string of the molecule is COc1cc([N+](=O)[O-])cc2c1NC(c1ccc(Cl)cc1Cl)C1CC=CC21. The normalized spacial score (nSPS) is 23.1. The van der Waals surface area contributed by atoms with Crippen LogP contribution in [0.25, 0.3) is 0 Å². The fraction of sp³-hybridized carbons (Fsp3) is 0.263. The number of rotatable bonds is 3. The number of allylic oxidation sites excluding steroid dienone is 2. The number of nitro benzene ring substituents is 1. The number of anilines is 1. The number of ether oxygens (including phenoxy) is 1. The van der Waals surface area contributed by atoms with Crippen molar-refractivity contribution in [3.05, 3.63) is 73.8 Å². The van der Waals surface area contributed by atoms with Crippen LogP contribution in [0.15, 0.2) is 42.5 Å². The third-order valence-electron chi connectivity index (χ3n) is 5.15. The fourth-order valence-corrected chi connectivity index (χ4v) is 4.51. The van der Waals surface area contributed by atoms with Crippen molar-refractivity contribution in [2.75, 3.05) is 12.4 Å². The van der Waals surface area contributed by atoms with E-state index < -0.39 is 4.92 Å². The minimum absolute atomic E-state index is 0.0319. The molecule has 0 amide bonds. The monoisotopic (exact) mass is 390 g/mol. The minimum Gasteiger partial charge on any atom is -0.494 e. The number of hydrogen-bond donors (Lipinski definition) is 1. The van der Waals surface area contributed by atoms with Gasteiger partial charge in [-0.05, 0) is 35.6 Å². The van der Waals surface area contributed by atoms with E-state index in [4.69, 9.17) is 27.9 Å². The Balaban J connectivity index is 1.86. The van der Waals surface area contributed by atoms with Gasteiger partial charge in [0.2, 0.25) is 0 Å². The second kappa shape index (κ2) is 6.49. The maximum absolute atomic E-state index is 11.3. The van der Waals surface area contributed by atoms with Crippen molar-refractivity contribution in [3.8, 4) is 5.75 Å². The van der Waals surface area contributed by atoms with Crippen LogP contribution < -0.4 is 10.1 Å². The highest BCUT2D eigenvalue weighted by atomic mass is 35.5. The first-order chi connectivity index (χ1) is 12.5. The van der Waals surface area contributed by atoms with Gasteiger partial charge in [-0.1, -0.05) is 41.4 Å². The summed E-state index contributed by atoms with van der Waals surface area (Å²) in [4.78, 5) is 10.9. The van der Waals surface area contributed by atoms with Gasteiger partial charge in [0.15, 0.2) is 0 Å². The number of halogens is 2. The highest BCUT2D eigenvalue weighted by Crippen LogP contribution is 2.54. The van der Waals surface area contributed by atoms with Crippen molar-refractivity contribution >= 4 is 34.6 Å². The van der Waals surface area contributed by atoms with Gasteiger partial charge >= 0.3 is 0 Å². The van der Waals surface area contributed by atoms with Gasteiger partial charge in [0.1, 0.15) is 5.75 Å². The van der Waals surface area contributed by atoms with Crippen LogP contribution in [0.5, 0.6) is 5.75 Å². The lowest BCUT2D eigenvalue weighted by Crippen LogP contribution is -2.29. The first kappa shape index (κ1) is 17.2. The van der Waals surface area contributed by atoms with E-state index in [0.29, 0.717) is 15.8 Å². The van der Waals surface area contributed by atoms with Crippen molar-refractivity contribution in [2.45, 2.75) is 18.4 Å². The molecule has 134 valence electrons. The second-order valence-electron chi connectivity index (χ2n) is 6.51. The van der Waals surface area contributed by atoms with Crippen LogP contribution in [-0.4, -0.2) is 12.0 Å². The van der Waals surface area contributed by atoms with E-state index in [2.05, 4.69) is 17.5 Å². The molecule has 1 N–H and O–H groups in total. The molecule has 1 aliphatic heterocycles. The molecule has 2 aromatic rings. The van der Waals surface area contributed by atoms with Crippen molar-refractivity contribution in [1.29, 1.82) is 0 Å². The zero-order valence-electron chi connectivity index (χ0n) is 13.9. The van der Waals surface area contributed by atoms with Crippen molar-refractivity contribution in [1.82, 2.24) is 0 Å². The predicted molar refractivity (Wildman–Crippen MR) is 102 cm³/mol. The Morgan fingerprint density at radius 2 is 2.04 bits per heavy atom. The number of fused-ring (bicyclic) bond motifs is 3. The van der Waals surface area contributed by atoms with Crippen LogP contribution in [-0.2, 0) is 0 Å². The highest BCUT2D eigenvalue weighted by molar-refractivity contribution is 6.35. The van der Waals surface area contributed by atoms with Crippen LogP contribution in [0.4, 0.5) is 11.4 Å². The molecule has 3 unspecified atom stereocenters. The molecule has 2 aromatic carbocycles. The van der Waals surface area contributed by atoms with E-state index in [0.717, 1.165) is 23.2 Å². The lowest BCUT2D eigenvalue weighted by molar-refractivity contribution is -0.385. The Morgan fingerprint density at radius 3 is 2.73 bits per heavy atom. The molecular formula is C19H16Cl2N2O3. The first-order valence-corrected chi connectivity index (χ1v) is 8.99. The van der Waals surface area contributed by atoms with E-state index in [1.807, 2.05) is 12.1 Å². The fourth-order valence-electron chi connectivity index (χ4n) is 3.98. The van der Waals surface area contributed by atoms with Crippen molar-refractivity contribution < 1.29 is 9.66 Å². The predicted octanol–water partition coefficient (Wildman–Crippen LogP) is 5.74. The number of nitro groups is 1. The lowest BCUT2D eigenvalue weighted by atomic mass is 9.76. The van der Waals surface area contributed by atoms with Gasteiger partial charge in [0, 0.05) is 22.0 Å². The lowest BCUT2D eigenvalue weighted by Gasteiger charge is -2.38. The molecule has 3 atom stereocenters. The summed E-state index contributed by atoms with van der Waals surface area (Å²) in [7, 11) is 1.52. The molecule has 0 spiro atoms. The minimum atomic E-state index is -0.390. The molecule has 0 bridgehead atoms. The number of non-ortho nitro benzene ring substituents is 1. The molecule has 2 aliphatic rings. The molecule has 0 aromatic heterocycles. The first-order valence-electron chi connectivity index (χ1n) is 8.24. The smallest absolute Gasteiger partial charge is 0.273 e. The Hall–Kier alpha value is -2.24. The van der Waals surface area contributed by atoms with Crippen LogP contribution in [0.1, 0.15) is 29.5 Å². The summed E-state index contributed by atoms with van der Waals surface area (Å²) in [6.07, 6.45) is 5.10. The molecule has 26 heavy (non-hydrogen) atoms. The average Bonchev–Trinajstić information content (AvgIpc) is 3.10. The van der Waals surface area contributed by atoms with Crippen molar-refractivity contribution in [3.63, 3.8) is 0 Å². The largest absolute Gasteiger partial charge is 0.494 e. The Morgan fingerprint density at radius 1 is 1.23 bits per heavy atom. The standard InChI is InChI=1S/C19H16Cl2N2O3/c1-26-17-9-11(23(24)25)8-15-12-3-2-4-13(12)18(22-19(15)17)14-6-5-10(20)7-16(14)21/h2-3,5-9,12-13,18,22H,4H2,1H3. The van der Waals surface area contributed by atoms with Gasteiger partial charge < -0.3 is 10.1 Å². The maximum Gasteiger partial charge on any atom is 0.273 e. The van der Waals surface area contributed by atoms with E-state index in [1.165, 1.54) is 13.2 Å². The summed E-state index contributed by atoms with van der Waals surface area (Å²) in [6, 6.07) is 8.54. The van der Waals surface area contributed by atoms with Gasteiger partial charge in [0.25, 0.3) is 5.69 Å². The van der Waals surface area contributed by atoms with Gasteiger partial charge in [-0.2, -0.15) is 0 Å². The zero-order chi connectivity index (χ0) is 18.4. The number of hydrogen-bond acceptors (Lipinski definition) is 4. The molecule has 1 heterocycles. The zero-order valence-corrected chi connectivity index (χ0v) is 15.4. The van der Waals surface area contributed by atoms with Gasteiger partial charge in [-0.15, -0.1) is 0 Å². The number of nitrogens with zero attached hydrogens (tertiary/aromatic N) is 1. The number of methoxy groups -OCH3 is 1. The van der Waals surface area contributed by atoms with Crippen LogP contribution in [0.3, 0.4) is 0 Å². The van der Waals surface area contributed by atoms with E-state index in [-0.39, 0.29) is 23.6 Å². The average molecular weight is 391 g/mol. The molecule has 0 fully saturated rings. The Kier molecular flexibility index (Phi) is 4.29. The summed E-state index contributed by atoms with van der Waals surface area (Å²) in [5.41, 5.74) is 2.66. The molecular weight excluding hydrogens is 375 g/mol. The van der Waals surface area contributed by atoms with Crippen LogP contribution in [0, 0.1) is 16.0 Å². The third kappa shape index (κ3) is 2.72. The van der Waals surface area contributed by atoms with Gasteiger partial charge in [0.05, 0.1) is 29.8 Å². The molecule has 5 nitrogen and oxygen atoms in total. The highest BCUT2D eigenvalue weighted by Gasteiger charge is 2.40. The van der Waals surface area contributed by atoms with Crippen molar-refractivity contribution in [2.24, 2.45) is 5.92 Å². The summed E-state index contributed by atoms with van der Waals surface area (Å²) in [5.74, 6) is 0.743. The molecule has 4 rings (SSSR count). The summed E-state index contributed by atoms with van der Waals surface area (Å²) in [5, 5.41) is 16.0. The summed E-state index contributed by atoms with van der Waals surface area (Å²) < 4.78 is 5.44. The van der Waals surface area contributed by atoms with E-state index in [1.54, 1.807) is 12.1 Å².